The first-order chi connectivity index (χ1) is 10.9. The van der Waals surface area contributed by atoms with Gasteiger partial charge in [0.25, 0.3) is 0 Å². The topological polar surface area (TPSA) is 23.5 Å². The molecule has 0 bridgehead atoms. The predicted molar refractivity (Wildman–Crippen MR) is 95.2 cm³/mol. The molecule has 4 aliphatic rings. The number of allylic oxidation sites excluding steroid dienone is 1. The zero-order valence-electron chi connectivity index (χ0n) is 15.5. The molecule has 3 saturated carbocycles. The van der Waals surface area contributed by atoms with Gasteiger partial charge in [0.1, 0.15) is 0 Å². The maximum absolute atomic E-state index is 10.1. The summed E-state index contributed by atoms with van der Waals surface area (Å²) < 4.78 is 0. The normalized spacial score (nSPS) is 52.6. The van der Waals surface area contributed by atoms with E-state index in [4.69, 9.17) is 0 Å². The third-order valence-electron chi connectivity index (χ3n) is 8.65. The summed E-state index contributed by atoms with van der Waals surface area (Å²) in [5, 5.41) is 10.1. The van der Waals surface area contributed by atoms with E-state index in [1.165, 1.54) is 38.5 Å². The van der Waals surface area contributed by atoms with Gasteiger partial charge in [0.2, 0.25) is 0 Å². The summed E-state index contributed by atoms with van der Waals surface area (Å²) in [5.41, 5.74) is 2.52. The van der Waals surface area contributed by atoms with Gasteiger partial charge in [-0.25, -0.2) is 0 Å². The van der Waals surface area contributed by atoms with Crippen LogP contribution in [0.5, 0.6) is 0 Å². The average molecular weight is 318 g/mol. The highest BCUT2D eigenvalue weighted by atomic mass is 16.3. The summed E-state index contributed by atoms with van der Waals surface area (Å²) in [6, 6.07) is 0.778. The fourth-order valence-corrected chi connectivity index (χ4v) is 7.46. The van der Waals surface area contributed by atoms with Gasteiger partial charge in [-0.15, -0.1) is 0 Å². The van der Waals surface area contributed by atoms with Gasteiger partial charge in [0, 0.05) is 6.04 Å². The van der Waals surface area contributed by atoms with E-state index in [1.54, 1.807) is 5.57 Å². The Bertz CT molecular complexity index is 512. The minimum absolute atomic E-state index is 0.0793. The van der Waals surface area contributed by atoms with Gasteiger partial charge in [0.15, 0.2) is 0 Å². The molecule has 0 saturated heterocycles. The summed E-state index contributed by atoms with van der Waals surface area (Å²) in [4.78, 5) is 2.50. The molecule has 0 aromatic heterocycles. The Hall–Kier alpha value is -0.340. The highest BCUT2D eigenvalue weighted by Crippen LogP contribution is 2.65. The molecule has 0 heterocycles. The Balaban J connectivity index is 1.65. The van der Waals surface area contributed by atoms with Crippen molar-refractivity contribution in [1.82, 2.24) is 4.90 Å². The van der Waals surface area contributed by atoms with Crippen LogP contribution in [0.2, 0.25) is 0 Å². The molecule has 0 radical (unpaired) electrons. The van der Waals surface area contributed by atoms with Crippen LogP contribution in [0.1, 0.15) is 65.2 Å². The molecule has 23 heavy (non-hydrogen) atoms. The summed E-state index contributed by atoms with van der Waals surface area (Å²) >= 11 is 0. The summed E-state index contributed by atoms with van der Waals surface area (Å²) in [7, 11) is 4.57. The largest absolute Gasteiger partial charge is 0.393 e. The highest BCUT2D eigenvalue weighted by molar-refractivity contribution is 5.25. The predicted octanol–water partition coefficient (Wildman–Crippen LogP) is 4.24. The quantitative estimate of drug-likeness (QED) is 0.731. The van der Waals surface area contributed by atoms with Crippen molar-refractivity contribution in [1.29, 1.82) is 0 Å². The van der Waals surface area contributed by atoms with Crippen molar-refractivity contribution in [2.24, 2.45) is 28.6 Å². The van der Waals surface area contributed by atoms with Crippen molar-refractivity contribution < 1.29 is 5.11 Å². The van der Waals surface area contributed by atoms with E-state index in [-0.39, 0.29) is 6.10 Å². The lowest BCUT2D eigenvalue weighted by molar-refractivity contribution is -0.0537. The molecule has 2 nitrogen and oxygen atoms in total. The van der Waals surface area contributed by atoms with Gasteiger partial charge < -0.3 is 10.0 Å². The van der Waals surface area contributed by atoms with Gasteiger partial charge in [-0.1, -0.05) is 25.5 Å². The minimum Gasteiger partial charge on any atom is -0.393 e. The zero-order valence-corrected chi connectivity index (χ0v) is 15.5. The van der Waals surface area contributed by atoms with Gasteiger partial charge in [0.05, 0.1) is 6.10 Å². The second-order valence-corrected chi connectivity index (χ2v) is 9.76. The minimum atomic E-state index is -0.0793. The Kier molecular flexibility index (Phi) is 3.74. The molecule has 0 aromatic rings. The third-order valence-corrected chi connectivity index (χ3v) is 8.65. The number of aliphatic hydroxyl groups is 1. The lowest BCUT2D eigenvalue weighted by Gasteiger charge is -2.58. The van der Waals surface area contributed by atoms with Crippen molar-refractivity contribution in [3.63, 3.8) is 0 Å². The monoisotopic (exact) mass is 317 g/mol. The summed E-state index contributed by atoms with van der Waals surface area (Å²) in [5.74, 6) is 2.67. The number of rotatable bonds is 1. The van der Waals surface area contributed by atoms with E-state index in [1.807, 2.05) is 0 Å². The van der Waals surface area contributed by atoms with Crippen molar-refractivity contribution in [3.05, 3.63) is 11.6 Å². The third kappa shape index (κ3) is 2.20. The van der Waals surface area contributed by atoms with Crippen LogP contribution in [0.4, 0.5) is 0 Å². The van der Waals surface area contributed by atoms with E-state index in [0.717, 1.165) is 36.6 Å². The number of aliphatic hydroxyl groups excluding tert-OH is 1. The molecule has 0 amide bonds. The highest BCUT2D eigenvalue weighted by Gasteiger charge is 2.58. The Labute approximate surface area is 142 Å². The van der Waals surface area contributed by atoms with Crippen molar-refractivity contribution in [3.8, 4) is 0 Å². The van der Waals surface area contributed by atoms with Gasteiger partial charge in [-0.05, 0) is 94.0 Å². The van der Waals surface area contributed by atoms with E-state index in [2.05, 4.69) is 38.9 Å². The Morgan fingerprint density at radius 1 is 1.04 bits per heavy atom. The van der Waals surface area contributed by atoms with Crippen LogP contribution in [0, 0.1) is 28.6 Å². The van der Waals surface area contributed by atoms with Crippen molar-refractivity contribution >= 4 is 0 Å². The first kappa shape index (κ1) is 16.1. The lowest BCUT2D eigenvalue weighted by atomic mass is 9.48. The molecule has 0 unspecified atom stereocenters. The average Bonchev–Trinajstić information content (AvgIpc) is 2.85. The van der Waals surface area contributed by atoms with Crippen LogP contribution in [0.15, 0.2) is 11.6 Å². The second kappa shape index (κ2) is 5.33. The number of nitrogens with zero attached hydrogens (tertiary/aromatic N) is 1. The molecule has 0 aromatic carbocycles. The van der Waals surface area contributed by atoms with Crippen LogP contribution in [0.25, 0.3) is 0 Å². The van der Waals surface area contributed by atoms with Crippen LogP contribution in [-0.2, 0) is 0 Å². The first-order valence-electron chi connectivity index (χ1n) is 9.90. The van der Waals surface area contributed by atoms with Crippen molar-refractivity contribution in [2.45, 2.75) is 77.4 Å². The molecule has 0 aliphatic heterocycles. The molecule has 1 N–H and O–H groups in total. The summed E-state index contributed by atoms with van der Waals surface area (Å²) in [6.07, 6.45) is 12.6. The molecule has 4 rings (SSSR count). The fraction of sp³-hybridized carbons (Fsp3) is 0.905. The van der Waals surface area contributed by atoms with Crippen molar-refractivity contribution in [2.75, 3.05) is 14.1 Å². The van der Waals surface area contributed by atoms with Crippen LogP contribution in [0.3, 0.4) is 0 Å². The molecule has 4 aliphatic carbocycles. The Morgan fingerprint density at radius 2 is 1.83 bits per heavy atom. The van der Waals surface area contributed by atoms with E-state index in [0.29, 0.717) is 10.8 Å². The second-order valence-electron chi connectivity index (χ2n) is 9.76. The molecular formula is C21H35NO. The van der Waals surface area contributed by atoms with Crippen LogP contribution < -0.4 is 0 Å². The Morgan fingerprint density at radius 3 is 2.57 bits per heavy atom. The van der Waals surface area contributed by atoms with E-state index in [9.17, 15) is 5.11 Å². The SMILES string of the molecule is CN(C)[C@H]1CC[C@H]2[C@@H]3CC=C4C[C@H](O)CC[C@]4(C)[C@H]3CC[C@]12C. The lowest BCUT2D eigenvalue weighted by Crippen LogP contribution is -2.53. The van der Waals surface area contributed by atoms with Crippen LogP contribution >= 0.6 is 0 Å². The molecule has 2 heteroatoms. The standard InChI is InChI=1S/C21H35NO/c1-20-11-9-15(23)13-14(20)5-6-16-17-7-8-19(22(3)4)21(17,2)12-10-18(16)20/h5,15-19,23H,6-13H2,1-4H3/t15-,16+,17+,18+,19+,20+,21+/m1/s1. The van der Waals surface area contributed by atoms with Gasteiger partial charge in [-0.3, -0.25) is 0 Å². The maximum atomic E-state index is 10.1. The molecule has 7 atom stereocenters. The first-order valence-corrected chi connectivity index (χ1v) is 9.90. The van der Waals surface area contributed by atoms with Crippen LogP contribution in [-0.4, -0.2) is 36.2 Å². The molecular weight excluding hydrogens is 282 g/mol. The zero-order chi connectivity index (χ0) is 16.4. The summed E-state index contributed by atoms with van der Waals surface area (Å²) in [6.45, 7) is 5.13. The number of fused-ring (bicyclic) bond motifs is 5. The molecule has 130 valence electrons. The fourth-order valence-electron chi connectivity index (χ4n) is 7.46. The number of hydrogen-bond donors (Lipinski definition) is 1. The molecule has 3 fully saturated rings. The van der Waals surface area contributed by atoms with E-state index < -0.39 is 0 Å². The van der Waals surface area contributed by atoms with Gasteiger partial charge >= 0.3 is 0 Å². The molecule has 0 spiro atoms. The van der Waals surface area contributed by atoms with E-state index >= 15 is 0 Å². The van der Waals surface area contributed by atoms with Gasteiger partial charge in [-0.2, -0.15) is 0 Å². The maximum Gasteiger partial charge on any atom is 0.0577 e. The smallest absolute Gasteiger partial charge is 0.0577 e. The number of hydrogen-bond acceptors (Lipinski definition) is 2.